The predicted molar refractivity (Wildman–Crippen MR) is 151 cm³/mol. The van der Waals surface area contributed by atoms with E-state index >= 15 is 0 Å². The molecule has 2 heterocycles. The van der Waals surface area contributed by atoms with E-state index in [1.165, 1.54) is 11.9 Å². The van der Waals surface area contributed by atoms with Crippen molar-refractivity contribution in [2.45, 2.75) is 70.5 Å². The number of carbonyl (C=O) groups excluding carboxylic acids is 4. The summed E-state index contributed by atoms with van der Waals surface area (Å²) in [5.41, 5.74) is -0.674. The SMILES string of the molecule is CC(=O)N[C@@H](Cc1cc(F)c(F)cc1F)C(=O)N(C)[C@@H](CC(C)(C)C)C(=O)N1C[C@]2(C[C@H]1C#N)C(=O)Nc1ccccc12. The number of anilines is 1. The van der Waals surface area contributed by atoms with Gasteiger partial charge in [-0.1, -0.05) is 39.0 Å². The standard InChI is InChI=1S/C31H34F3N5O4/c1-17(40)36-25(11-18-10-22(33)23(34)12-21(18)32)27(41)38(5)26(14-30(2,3)4)28(42)39-16-31(13-19(39)15-35)20-8-6-7-9-24(20)37-29(31)43/h6-10,12,19,25-26H,11,13-14,16H2,1-5H3,(H,36,40)(H,37,43)/t19-,25-,26-,31-/m0/s1. The number of fused-ring (bicyclic) bond motifs is 2. The number of rotatable bonds is 7. The van der Waals surface area contributed by atoms with Gasteiger partial charge in [0.05, 0.1) is 11.5 Å². The van der Waals surface area contributed by atoms with E-state index in [-0.39, 0.29) is 30.9 Å². The highest BCUT2D eigenvalue weighted by molar-refractivity contribution is 6.07. The van der Waals surface area contributed by atoms with Gasteiger partial charge in [0, 0.05) is 45.1 Å². The van der Waals surface area contributed by atoms with Crippen molar-refractivity contribution in [3.05, 3.63) is 65.0 Å². The maximum Gasteiger partial charge on any atom is 0.246 e. The molecule has 0 bridgehead atoms. The summed E-state index contributed by atoms with van der Waals surface area (Å²) in [5.74, 6) is -6.10. The van der Waals surface area contributed by atoms with Crippen molar-refractivity contribution in [1.82, 2.24) is 15.1 Å². The maximum atomic E-state index is 14.5. The minimum Gasteiger partial charge on any atom is -0.344 e. The summed E-state index contributed by atoms with van der Waals surface area (Å²) < 4.78 is 41.9. The molecular weight excluding hydrogens is 563 g/mol. The Kier molecular flexibility index (Phi) is 8.58. The molecule has 4 rings (SSSR count). The number of amides is 4. The predicted octanol–water partition coefficient (Wildman–Crippen LogP) is 3.43. The van der Waals surface area contributed by atoms with Crippen LogP contribution in [0.1, 0.15) is 51.7 Å². The van der Waals surface area contributed by atoms with Crippen LogP contribution in [-0.4, -0.2) is 65.1 Å². The lowest BCUT2D eigenvalue weighted by atomic mass is 9.80. The maximum absolute atomic E-state index is 14.5. The first-order valence-corrected chi connectivity index (χ1v) is 13.9. The number of para-hydroxylation sites is 1. The lowest BCUT2D eigenvalue weighted by Gasteiger charge is -2.37. The van der Waals surface area contributed by atoms with Gasteiger partial charge >= 0.3 is 0 Å². The first-order chi connectivity index (χ1) is 20.1. The molecule has 1 fully saturated rings. The summed E-state index contributed by atoms with van der Waals surface area (Å²) in [7, 11) is 1.36. The molecule has 12 heteroatoms. The van der Waals surface area contributed by atoms with E-state index in [0.717, 1.165) is 11.8 Å². The van der Waals surface area contributed by atoms with Gasteiger partial charge < -0.3 is 20.4 Å². The van der Waals surface area contributed by atoms with Gasteiger partial charge in [-0.05, 0) is 35.1 Å². The average molecular weight is 598 g/mol. The normalized spacial score (nSPS) is 20.7. The number of nitrogens with one attached hydrogen (secondary N) is 2. The highest BCUT2D eigenvalue weighted by Gasteiger charge is 2.57. The van der Waals surface area contributed by atoms with Crippen LogP contribution in [0.5, 0.6) is 0 Å². The van der Waals surface area contributed by atoms with Crippen LogP contribution in [0, 0.1) is 34.2 Å². The third-order valence-electron chi connectivity index (χ3n) is 8.01. The number of halogens is 3. The number of likely N-dealkylation sites (N-methyl/N-ethyl adjacent to an activating group) is 1. The fourth-order valence-electron chi connectivity index (χ4n) is 5.93. The molecule has 2 aliphatic rings. The van der Waals surface area contributed by atoms with Crippen molar-refractivity contribution in [1.29, 1.82) is 5.26 Å². The molecule has 0 saturated carbocycles. The van der Waals surface area contributed by atoms with Crippen LogP contribution in [0.3, 0.4) is 0 Å². The molecule has 0 aromatic heterocycles. The van der Waals surface area contributed by atoms with E-state index in [2.05, 4.69) is 16.7 Å². The lowest BCUT2D eigenvalue weighted by Crippen LogP contribution is -2.57. The van der Waals surface area contributed by atoms with E-state index in [9.17, 15) is 37.6 Å². The molecule has 1 spiro atoms. The number of nitrogens with zero attached hydrogens (tertiary/aromatic N) is 3. The Morgan fingerprint density at radius 1 is 1.16 bits per heavy atom. The molecule has 0 unspecified atom stereocenters. The number of nitriles is 1. The summed E-state index contributed by atoms with van der Waals surface area (Å²) in [6.07, 6.45) is -0.292. The Morgan fingerprint density at radius 2 is 1.81 bits per heavy atom. The van der Waals surface area contributed by atoms with E-state index in [1.54, 1.807) is 24.3 Å². The van der Waals surface area contributed by atoms with Gasteiger partial charge in [-0.3, -0.25) is 19.2 Å². The Balaban J connectivity index is 1.67. The highest BCUT2D eigenvalue weighted by atomic mass is 19.2. The molecule has 2 aromatic carbocycles. The zero-order chi connectivity index (χ0) is 31.9. The van der Waals surface area contributed by atoms with Crippen molar-refractivity contribution in [2.24, 2.45) is 5.41 Å². The van der Waals surface area contributed by atoms with Gasteiger partial charge in [0.2, 0.25) is 23.6 Å². The Bertz CT molecular complexity index is 1520. The molecule has 2 aliphatic heterocycles. The summed E-state index contributed by atoms with van der Waals surface area (Å²) in [4.78, 5) is 55.8. The van der Waals surface area contributed by atoms with Gasteiger partial charge in [0.1, 0.15) is 23.9 Å². The van der Waals surface area contributed by atoms with E-state index in [1.807, 2.05) is 20.8 Å². The Labute approximate surface area is 248 Å². The molecule has 2 aromatic rings. The van der Waals surface area contributed by atoms with Crippen molar-refractivity contribution >= 4 is 29.3 Å². The van der Waals surface area contributed by atoms with Gasteiger partial charge in [-0.15, -0.1) is 0 Å². The van der Waals surface area contributed by atoms with Crippen LogP contribution in [0.2, 0.25) is 0 Å². The smallest absolute Gasteiger partial charge is 0.246 e. The van der Waals surface area contributed by atoms with Gasteiger partial charge in [0.25, 0.3) is 0 Å². The van der Waals surface area contributed by atoms with Crippen LogP contribution in [0.15, 0.2) is 36.4 Å². The summed E-state index contributed by atoms with van der Waals surface area (Å²) >= 11 is 0. The van der Waals surface area contributed by atoms with Crippen LogP contribution < -0.4 is 10.6 Å². The van der Waals surface area contributed by atoms with Crippen LogP contribution >= 0.6 is 0 Å². The van der Waals surface area contributed by atoms with Crippen molar-refractivity contribution in [3.63, 3.8) is 0 Å². The van der Waals surface area contributed by atoms with Crippen molar-refractivity contribution < 1.29 is 32.3 Å². The first kappa shape index (κ1) is 31.5. The van der Waals surface area contributed by atoms with Gasteiger partial charge in [-0.25, -0.2) is 13.2 Å². The molecular formula is C31H34F3N5O4. The summed E-state index contributed by atoms with van der Waals surface area (Å²) in [6, 6.07) is 6.69. The number of benzene rings is 2. The van der Waals surface area contributed by atoms with Crippen LogP contribution in [0.25, 0.3) is 0 Å². The zero-order valence-electron chi connectivity index (χ0n) is 24.6. The van der Waals surface area contributed by atoms with Crippen LogP contribution in [-0.2, 0) is 31.0 Å². The fraction of sp³-hybridized carbons (Fsp3) is 0.452. The molecule has 228 valence electrons. The quantitative estimate of drug-likeness (QED) is 0.474. The van der Waals surface area contributed by atoms with Crippen molar-refractivity contribution in [2.75, 3.05) is 18.9 Å². The third-order valence-corrected chi connectivity index (χ3v) is 8.01. The average Bonchev–Trinajstić information content (AvgIpc) is 3.45. The third kappa shape index (κ3) is 6.21. The minimum atomic E-state index is -1.42. The number of likely N-dealkylation sites (tertiary alicyclic amines) is 1. The highest BCUT2D eigenvalue weighted by Crippen LogP contribution is 2.46. The number of carbonyl (C=O) groups is 4. The molecule has 2 N–H and O–H groups in total. The summed E-state index contributed by atoms with van der Waals surface area (Å²) in [6.45, 7) is 6.65. The second-order valence-electron chi connectivity index (χ2n) is 12.4. The van der Waals surface area contributed by atoms with E-state index in [0.29, 0.717) is 23.4 Å². The van der Waals surface area contributed by atoms with Gasteiger partial charge in [-0.2, -0.15) is 5.26 Å². The fourth-order valence-corrected chi connectivity index (χ4v) is 5.93. The summed E-state index contributed by atoms with van der Waals surface area (Å²) in [5, 5.41) is 15.3. The lowest BCUT2D eigenvalue weighted by molar-refractivity contribution is -0.147. The second kappa shape index (κ2) is 11.7. The molecule has 9 nitrogen and oxygen atoms in total. The molecule has 4 atom stereocenters. The molecule has 43 heavy (non-hydrogen) atoms. The molecule has 4 amide bonds. The Hall–Kier alpha value is -4.40. The second-order valence-corrected chi connectivity index (χ2v) is 12.4. The molecule has 0 radical (unpaired) electrons. The molecule has 0 aliphatic carbocycles. The minimum absolute atomic E-state index is 0.0713. The van der Waals surface area contributed by atoms with Gasteiger partial charge in [0.15, 0.2) is 11.6 Å². The topological polar surface area (TPSA) is 123 Å². The Morgan fingerprint density at radius 3 is 2.44 bits per heavy atom. The van der Waals surface area contributed by atoms with Crippen LogP contribution in [0.4, 0.5) is 18.9 Å². The molecule has 1 saturated heterocycles. The van der Waals surface area contributed by atoms with E-state index in [4.69, 9.17) is 0 Å². The van der Waals surface area contributed by atoms with Crippen molar-refractivity contribution in [3.8, 4) is 6.07 Å². The zero-order valence-corrected chi connectivity index (χ0v) is 24.6. The number of hydrogen-bond donors (Lipinski definition) is 2. The largest absolute Gasteiger partial charge is 0.344 e. The number of hydrogen-bond acceptors (Lipinski definition) is 5. The first-order valence-electron chi connectivity index (χ1n) is 13.9. The van der Waals surface area contributed by atoms with E-state index < -0.39 is 70.5 Å². The monoisotopic (exact) mass is 597 g/mol.